The Morgan fingerprint density at radius 2 is 1.80 bits per heavy atom. The first-order chi connectivity index (χ1) is 11.5. The van der Waals surface area contributed by atoms with Crippen molar-refractivity contribution >= 4 is 18.3 Å². The van der Waals surface area contributed by atoms with Gasteiger partial charge < -0.3 is 10.6 Å². The molecule has 0 radical (unpaired) electrons. The number of hydrogen-bond acceptors (Lipinski definition) is 3. The van der Waals surface area contributed by atoms with Crippen LogP contribution in [0.2, 0.25) is 0 Å². The lowest BCUT2D eigenvalue weighted by atomic mass is 9.87. The van der Waals surface area contributed by atoms with E-state index in [4.69, 9.17) is 5.73 Å². The van der Waals surface area contributed by atoms with Gasteiger partial charge >= 0.3 is 0 Å². The summed E-state index contributed by atoms with van der Waals surface area (Å²) < 4.78 is 0. The van der Waals surface area contributed by atoms with Crippen molar-refractivity contribution in [1.82, 2.24) is 9.80 Å². The first-order valence-corrected chi connectivity index (χ1v) is 9.33. The summed E-state index contributed by atoms with van der Waals surface area (Å²) in [6.45, 7) is 4.50. The van der Waals surface area contributed by atoms with E-state index >= 15 is 0 Å². The maximum absolute atomic E-state index is 12.7. The fraction of sp³-hybridized carbons (Fsp3) is 0.650. The van der Waals surface area contributed by atoms with Gasteiger partial charge in [0.2, 0.25) is 5.91 Å². The molecule has 1 amide bonds. The van der Waals surface area contributed by atoms with Gasteiger partial charge in [-0.15, -0.1) is 12.4 Å². The Labute approximate surface area is 158 Å². The third-order valence-corrected chi connectivity index (χ3v) is 5.95. The summed E-state index contributed by atoms with van der Waals surface area (Å²) in [5, 5.41) is 0. The predicted molar refractivity (Wildman–Crippen MR) is 105 cm³/mol. The highest BCUT2D eigenvalue weighted by Crippen LogP contribution is 2.28. The third-order valence-electron chi connectivity index (χ3n) is 5.95. The molecule has 1 saturated heterocycles. The molecule has 2 aliphatic rings. The van der Waals surface area contributed by atoms with Crippen LogP contribution >= 0.6 is 12.4 Å². The molecule has 2 atom stereocenters. The van der Waals surface area contributed by atoms with Crippen LogP contribution in [0.15, 0.2) is 30.3 Å². The standard InChI is InChI=1S/C20H31N3O.ClH/c1-15-8-10-17(11-9-15)22(2)20(24)14-23-12-18(19(21)13-23)16-6-4-3-5-7-16;/h3-7,15,17-19H,8-14,21H2,1-2H3;1H/t15?,17?,18-,19+;/m0./s1. The Morgan fingerprint density at radius 3 is 2.44 bits per heavy atom. The number of carbonyl (C=O) groups excluding carboxylic acids is 1. The van der Waals surface area contributed by atoms with Crippen molar-refractivity contribution in [2.24, 2.45) is 11.7 Å². The normalized spacial score (nSPS) is 29.9. The van der Waals surface area contributed by atoms with Crippen LogP contribution in [-0.2, 0) is 4.79 Å². The minimum absolute atomic E-state index is 0. The highest BCUT2D eigenvalue weighted by atomic mass is 35.5. The van der Waals surface area contributed by atoms with Crippen molar-refractivity contribution in [1.29, 1.82) is 0 Å². The van der Waals surface area contributed by atoms with Crippen molar-refractivity contribution in [3.05, 3.63) is 35.9 Å². The molecule has 25 heavy (non-hydrogen) atoms. The minimum Gasteiger partial charge on any atom is -0.342 e. The molecule has 1 saturated carbocycles. The first kappa shape index (κ1) is 20.2. The summed E-state index contributed by atoms with van der Waals surface area (Å²) in [7, 11) is 1.98. The number of benzene rings is 1. The monoisotopic (exact) mass is 365 g/mol. The second-order valence-corrected chi connectivity index (χ2v) is 7.79. The van der Waals surface area contributed by atoms with Crippen molar-refractivity contribution in [3.8, 4) is 0 Å². The zero-order chi connectivity index (χ0) is 17.1. The Kier molecular flexibility index (Phi) is 7.29. The molecule has 0 unspecified atom stereocenters. The molecule has 2 N–H and O–H groups in total. The summed E-state index contributed by atoms with van der Waals surface area (Å²) in [5.41, 5.74) is 7.63. The number of likely N-dealkylation sites (tertiary alicyclic amines) is 1. The lowest BCUT2D eigenvalue weighted by Crippen LogP contribution is -2.44. The van der Waals surface area contributed by atoms with E-state index in [1.165, 1.54) is 18.4 Å². The second-order valence-electron chi connectivity index (χ2n) is 7.79. The van der Waals surface area contributed by atoms with E-state index in [0.717, 1.165) is 31.8 Å². The van der Waals surface area contributed by atoms with Crippen LogP contribution in [-0.4, -0.2) is 54.5 Å². The largest absolute Gasteiger partial charge is 0.342 e. The molecule has 140 valence electrons. The molecule has 1 aliphatic carbocycles. The van der Waals surface area contributed by atoms with Crippen molar-refractivity contribution < 1.29 is 4.79 Å². The van der Waals surface area contributed by atoms with Gasteiger partial charge in [-0.2, -0.15) is 0 Å². The Bertz CT molecular complexity index is 545. The van der Waals surface area contributed by atoms with Gasteiger partial charge in [-0.25, -0.2) is 0 Å². The van der Waals surface area contributed by atoms with Gasteiger partial charge in [0.1, 0.15) is 0 Å². The molecule has 3 rings (SSSR count). The van der Waals surface area contributed by atoms with Crippen LogP contribution in [0.3, 0.4) is 0 Å². The lowest BCUT2D eigenvalue weighted by molar-refractivity contribution is -0.133. The van der Waals surface area contributed by atoms with Gasteiger partial charge in [-0.3, -0.25) is 9.69 Å². The molecule has 4 nitrogen and oxygen atoms in total. The number of rotatable bonds is 4. The average Bonchev–Trinajstić information content (AvgIpc) is 2.96. The predicted octanol–water partition coefficient (Wildman–Crippen LogP) is 2.87. The maximum Gasteiger partial charge on any atom is 0.236 e. The first-order valence-electron chi connectivity index (χ1n) is 9.33. The van der Waals surface area contributed by atoms with Crippen LogP contribution in [0.5, 0.6) is 0 Å². The number of likely N-dealkylation sites (N-methyl/N-ethyl adjacent to an activating group) is 1. The zero-order valence-electron chi connectivity index (χ0n) is 15.4. The SMILES string of the molecule is CC1CCC(N(C)C(=O)CN2C[C@@H](N)[C@H](c3ccccc3)C2)CC1.Cl. The van der Waals surface area contributed by atoms with Crippen molar-refractivity contribution in [2.75, 3.05) is 26.7 Å². The van der Waals surface area contributed by atoms with Crippen LogP contribution in [0, 0.1) is 5.92 Å². The molecule has 2 fully saturated rings. The Morgan fingerprint density at radius 1 is 1.16 bits per heavy atom. The van der Waals surface area contributed by atoms with Crippen LogP contribution in [0.25, 0.3) is 0 Å². The van der Waals surface area contributed by atoms with Crippen LogP contribution in [0.4, 0.5) is 0 Å². The van der Waals surface area contributed by atoms with E-state index in [1.54, 1.807) is 0 Å². The maximum atomic E-state index is 12.7. The van der Waals surface area contributed by atoms with Gasteiger partial charge in [0.05, 0.1) is 6.54 Å². The number of nitrogens with zero attached hydrogens (tertiary/aromatic N) is 2. The highest BCUT2D eigenvalue weighted by molar-refractivity contribution is 5.85. The molecule has 1 aromatic rings. The quantitative estimate of drug-likeness (QED) is 0.892. The van der Waals surface area contributed by atoms with Crippen LogP contribution in [0.1, 0.15) is 44.1 Å². The highest BCUT2D eigenvalue weighted by Gasteiger charge is 2.33. The molecule has 0 spiro atoms. The Hall–Kier alpha value is -1.10. The van der Waals surface area contributed by atoms with E-state index in [1.807, 2.05) is 18.0 Å². The van der Waals surface area contributed by atoms with E-state index in [2.05, 4.69) is 36.1 Å². The molecule has 0 aromatic heterocycles. The van der Waals surface area contributed by atoms with Gasteiger partial charge in [-0.05, 0) is 37.2 Å². The summed E-state index contributed by atoms with van der Waals surface area (Å²) >= 11 is 0. The number of nitrogens with two attached hydrogens (primary N) is 1. The fourth-order valence-corrected chi connectivity index (χ4v) is 4.23. The molecule has 5 heteroatoms. The molecule has 1 aliphatic heterocycles. The van der Waals surface area contributed by atoms with Crippen LogP contribution < -0.4 is 5.73 Å². The van der Waals surface area contributed by atoms with Crippen molar-refractivity contribution in [2.45, 2.75) is 50.6 Å². The lowest BCUT2D eigenvalue weighted by Gasteiger charge is -2.34. The Balaban J connectivity index is 0.00000225. The number of hydrogen-bond donors (Lipinski definition) is 1. The molecular formula is C20H32ClN3O. The van der Waals surface area contributed by atoms with Gasteiger partial charge in [-0.1, -0.05) is 37.3 Å². The molecule has 1 heterocycles. The zero-order valence-corrected chi connectivity index (χ0v) is 16.3. The van der Waals surface area contributed by atoms with Gasteiger partial charge in [0, 0.05) is 38.1 Å². The van der Waals surface area contributed by atoms with Gasteiger partial charge in [0.15, 0.2) is 0 Å². The van der Waals surface area contributed by atoms with Crippen molar-refractivity contribution in [3.63, 3.8) is 0 Å². The molecule has 0 bridgehead atoms. The third kappa shape index (κ3) is 4.96. The minimum atomic E-state index is 0. The smallest absolute Gasteiger partial charge is 0.236 e. The second kappa shape index (κ2) is 9.02. The summed E-state index contributed by atoms with van der Waals surface area (Å²) in [6, 6.07) is 11.0. The summed E-state index contributed by atoms with van der Waals surface area (Å²) in [5.74, 6) is 1.39. The van der Waals surface area contributed by atoms with E-state index in [-0.39, 0.29) is 24.4 Å². The fourth-order valence-electron chi connectivity index (χ4n) is 4.23. The topological polar surface area (TPSA) is 49.6 Å². The number of carbonyl (C=O) groups is 1. The van der Waals surface area contributed by atoms with Gasteiger partial charge in [0.25, 0.3) is 0 Å². The van der Waals surface area contributed by atoms with E-state index < -0.39 is 0 Å². The number of halogens is 1. The summed E-state index contributed by atoms with van der Waals surface area (Å²) in [4.78, 5) is 16.9. The van der Waals surface area contributed by atoms with E-state index in [9.17, 15) is 4.79 Å². The molecular weight excluding hydrogens is 334 g/mol. The summed E-state index contributed by atoms with van der Waals surface area (Å²) in [6.07, 6.45) is 4.78. The molecule has 1 aromatic carbocycles. The van der Waals surface area contributed by atoms with E-state index in [0.29, 0.717) is 18.5 Å². The average molecular weight is 366 g/mol. The number of amides is 1.